The van der Waals surface area contributed by atoms with Crippen LogP contribution in [0.2, 0.25) is 0 Å². The van der Waals surface area contributed by atoms with E-state index in [2.05, 4.69) is 11.8 Å². The number of carbonyl (C=O) groups is 1. The molecule has 0 aliphatic carbocycles. The second kappa shape index (κ2) is 6.63. The number of primary amides is 1. The van der Waals surface area contributed by atoms with E-state index in [-0.39, 0.29) is 5.82 Å². The molecular formula is C15H17FN2OS. The van der Waals surface area contributed by atoms with Crippen molar-refractivity contribution in [1.82, 2.24) is 4.90 Å². The Labute approximate surface area is 121 Å². The molecule has 2 N–H and O–H groups in total. The van der Waals surface area contributed by atoms with Gasteiger partial charge in [0.2, 0.25) is 5.91 Å². The summed E-state index contributed by atoms with van der Waals surface area (Å²) in [6.45, 7) is 4.31. The van der Waals surface area contributed by atoms with Gasteiger partial charge in [-0.05, 0) is 30.3 Å². The first kappa shape index (κ1) is 14.7. The maximum absolute atomic E-state index is 13.2. The number of thiophene rings is 1. The van der Waals surface area contributed by atoms with Crippen molar-refractivity contribution < 1.29 is 9.18 Å². The van der Waals surface area contributed by atoms with Crippen LogP contribution in [0.4, 0.5) is 4.39 Å². The number of nitrogens with zero attached hydrogens (tertiary/aromatic N) is 1. The molecule has 0 bridgehead atoms. The highest BCUT2D eigenvalue weighted by Crippen LogP contribution is 2.18. The highest BCUT2D eigenvalue weighted by Gasteiger charge is 2.09. The fourth-order valence-electron chi connectivity index (χ4n) is 1.99. The third-order valence-corrected chi connectivity index (χ3v) is 3.98. The number of hydrogen-bond acceptors (Lipinski definition) is 3. The van der Waals surface area contributed by atoms with Gasteiger partial charge in [0.05, 0.1) is 5.56 Å². The van der Waals surface area contributed by atoms with Crippen molar-refractivity contribution in [2.24, 2.45) is 5.73 Å². The van der Waals surface area contributed by atoms with E-state index in [1.54, 1.807) is 17.5 Å². The first-order chi connectivity index (χ1) is 9.58. The third kappa shape index (κ3) is 3.88. The van der Waals surface area contributed by atoms with Gasteiger partial charge >= 0.3 is 0 Å². The van der Waals surface area contributed by atoms with Gasteiger partial charge in [0, 0.05) is 23.3 Å². The van der Waals surface area contributed by atoms with E-state index in [1.807, 2.05) is 12.1 Å². The molecule has 0 aliphatic heterocycles. The molecule has 3 nitrogen and oxygen atoms in total. The van der Waals surface area contributed by atoms with Gasteiger partial charge in [-0.25, -0.2) is 4.39 Å². The lowest BCUT2D eigenvalue weighted by molar-refractivity contribution is 0.100. The molecule has 0 fully saturated rings. The summed E-state index contributed by atoms with van der Waals surface area (Å²) >= 11 is 1.52. The Bertz CT molecular complexity index is 597. The highest BCUT2D eigenvalue weighted by atomic mass is 32.1. The fraction of sp³-hybridized carbons (Fsp3) is 0.267. The number of amides is 1. The zero-order valence-electron chi connectivity index (χ0n) is 11.3. The van der Waals surface area contributed by atoms with Crippen LogP contribution >= 0.6 is 11.3 Å². The van der Waals surface area contributed by atoms with Gasteiger partial charge in [-0.2, -0.15) is 0 Å². The van der Waals surface area contributed by atoms with Gasteiger partial charge in [0.1, 0.15) is 5.82 Å². The van der Waals surface area contributed by atoms with Crippen LogP contribution < -0.4 is 5.73 Å². The Morgan fingerprint density at radius 3 is 2.75 bits per heavy atom. The minimum atomic E-state index is -0.402. The summed E-state index contributed by atoms with van der Waals surface area (Å²) in [4.78, 5) is 14.3. The van der Waals surface area contributed by atoms with E-state index < -0.39 is 5.91 Å². The molecule has 1 heterocycles. The summed E-state index contributed by atoms with van der Waals surface area (Å²) in [5.74, 6) is -0.619. The zero-order valence-corrected chi connectivity index (χ0v) is 12.1. The molecule has 0 unspecified atom stereocenters. The average molecular weight is 292 g/mol. The van der Waals surface area contributed by atoms with Crippen molar-refractivity contribution in [2.45, 2.75) is 20.0 Å². The standard InChI is InChI=1S/C15H17FN2OS/c1-2-18(8-11-4-3-5-13(16)6-11)9-14-7-12(10-20-14)15(17)19/h3-7,10H,2,8-9H2,1H3,(H2,17,19). The number of benzene rings is 1. The topological polar surface area (TPSA) is 46.3 Å². The first-order valence-electron chi connectivity index (χ1n) is 6.42. The molecule has 20 heavy (non-hydrogen) atoms. The monoisotopic (exact) mass is 292 g/mol. The van der Waals surface area contributed by atoms with Crippen molar-refractivity contribution >= 4 is 17.2 Å². The molecule has 0 atom stereocenters. The van der Waals surface area contributed by atoms with E-state index in [1.165, 1.54) is 17.4 Å². The van der Waals surface area contributed by atoms with Crippen molar-refractivity contribution in [2.75, 3.05) is 6.54 Å². The molecule has 1 amide bonds. The molecule has 1 aromatic carbocycles. The van der Waals surface area contributed by atoms with Crippen LogP contribution in [0.15, 0.2) is 35.7 Å². The van der Waals surface area contributed by atoms with Crippen LogP contribution in [0.3, 0.4) is 0 Å². The summed E-state index contributed by atoms with van der Waals surface area (Å²) in [5.41, 5.74) is 6.73. The largest absolute Gasteiger partial charge is 0.366 e. The predicted molar refractivity (Wildman–Crippen MR) is 79.0 cm³/mol. The lowest BCUT2D eigenvalue weighted by Gasteiger charge is -2.19. The number of hydrogen-bond donors (Lipinski definition) is 1. The first-order valence-corrected chi connectivity index (χ1v) is 7.30. The molecule has 106 valence electrons. The van der Waals surface area contributed by atoms with Crippen LogP contribution in [0, 0.1) is 5.82 Å². The number of nitrogens with two attached hydrogens (primary N) is 1. The lowest BCUT2D eigenvalue weighted by atomic mass is 10.2. The van der Waals surface area contributed by atoms with Crippen LogP contribution in [0.1, 0.15) is 27.7 Å². The van der Waals surface area contributed by atoms with Crippen molar-refractivity contribution in [3.05, 3.63) is 57.5 Å². The molecule has 0 radical (unpaired) electrons. The molecule has 0 saturated heterocycles. The Morgan fingerprint density at radius 2 is 2.15 bits per heavy atom. The molecule has 5 heteroatoms. The van der Waals surface area contributed by atoms with E-state index in [0.29, 0.717) is 12.1 Å². The summed E-state index contributed by atoms with van der Waals surface area (Å²) in [5, 5.41) is 1.77. The zero-order chi connectivity index (χ0) is 14.5. The SMILES string of the molecule is CCN(Cc1cccc(F)c1)Cc1cc(C(N)=O)cs1. The Morgan fingerprint density at radius 1 is 1.35 bits per heavy atom. The number of halogens is 1. The number of carbonyl (C=O) groups excluding carboxylic acids is 1. The molecule has 0 aliphatic rings. The Balaban J connectivity index is 2.03. The maximum Gasteiger partial charge on any atom is 0.249 e. The Hall–Kier alpha value is -1.72. The van der Waals surface area contributed by atoms with E-state index >= 15 is 0 Å². The normalized spacial score (nSPS) is 10.9. The van der Waals surface area contributed by atoms with E-state index in [0.717, 1.165) is 23.5 Å². The fourth-order valence-corrected chi connectivity index (χ4v) is 2.90. The summed E-state index contributed by atoms with van der Waals surface area (Å²) < 4.78 is 13.2. The van der Waals surface area contributed by atoms with Crippen molar-refractivity contribution in [3.8, 4) is 0 Å². The number of rotatable bonds is 6. The van der Waals surface area contributed by atoms with Crippen LogP contribution in [-0.2, 0) is 13.1 Å². The second-order valence-electron chi connectivity index (χ2n) is 4.60. The van der Waals surface area contributed by atoms with Crippen molar-refractivity contribution in [3.63, 3.8) is 0 Å². The van der Waals surface area contributed by atoms with Gasteiger partial charge in [0.25, 0.3) is 0 Å². The van der Waals surface area contributed by atoms with Gasteiger partial charge in [-0.3, -0.25) is 9.69 Å². The van der Waals surface area contributed by atoms with Gasteiger partial charge in [0.15, 0.2) is 0 Å². The van der Waals surface area contributed by atoms with Crippen LogP contribution in [0.5, 0.6) is 0 Å². The summed E-state index contributed by atoms with van der Waals surface area (Å²) in [7, 11) is 0. The average Bonchev–Trinajstić information content (AvgIpc) is 2.87. The van der Waals surface area contributed by atoms with Gasteiger partial charge in [-0.1, -0.05) is 19.1 Å². The van der Waals surface area contributed by atoms with Crippen molar-refractivity contribution in [1.29, 1.82) is 0 Å². The molecule has 2 aromatic rings. The Kier molecular flexibility index (Phi) is 4.87. The van der Waals surface area contributed by atoms with E-state index in [9.17, 15) is 9.18 Å². The second-order valence-corrected chi connectivity index (χ2v) is 5.59. The van der Waals surface area contributed by atoms with Crippen LogP contribution in [-0.4, -0.2) is 17.4 Å². The quantitative estimate of drug-likeness (QED) is 0.889. The highest BCUT2D eigenvalue weighted by molar-refractivity contribution is 7.10. The minimum Gasteiger partial charge on any atom is -0.366 e. The lowest BCUT2D eigenvalue weighted by Crippen LogP contribution is -2.21. The molecule has 1 aromatic heterocycles. The van der Waals surface area contributed by atoms with E-state index in [4.69, 9.17) is 5.73 Å². The smallest absolute Gasteiger partial charge is 0.249 e. The maximum atomic E-state index is 13.2. The summed E-state index contributed by atoms with van der Waals surface area (Å²) in [6, 6.07) is 8.44. The predicted octanol–water partition coefficient (Wildman–Crippen LogP) is 3.01. The third-order valence-electron chi connectivity index (χ3n) is 3.06. The molecular weight excluding hydrogens is 275 g/mol. The van der Waals surface area contributed by atoms with Gasteiger partial charge in [-0.15, -0.1) is 11.3 Å². The molecule has 2 rings (SSSR count). The summed E-state index contributed by atoms with van der Waals surface area (Å²) in [6.07, 6.45) is 0. The van der Waals surface area contributed by atoms with Crippen LogP contribution in [0.25, 0.3) is 0 Å². The molecule has 0 saturated carbocycles. The molecule has 0 spiro atoms. The van der Waals surface area contributed by atoms with Gasteiger partial charge < -0.3 is 5.73 Å². The minimum absolute atomic E-state index is 0.217.